The predicted octanol–water partition coefficient (Wildman–Crippen LogP) is 6.05. The van der Waals surface area contributed by atoms with Crippen LogP contribution in [0.25, 0.3) is 0 Å². The van der Waals surface area contributed by atoms with Crippen LogP contribution in [0.2, 0.25) is 0 Å². The molecule has 0 aromatic heterocycles. The molecule has 0 N–H and O–H groups in total. The van der Waals surface area contributed by atoms with E-state index in [0.29, 0.717) is 6.42 Å². The number of hydrogen-bond donors (Lipinski definition) is 0. The highest BCUT2D eigenvalue weighted by atomic mass is 17.5. The van der Waals surface area contributed by atoms with Crippen LogP contribution >= 0.6 is 0 Å². The fraction of sp³-hybridized carbons (Fsp3) is 0.750. The Labute approximate surface area is 152 Å². The predicted molar refractivity (Wildman–Crippen MR) is 97.7 cm³/mol. The Balaban J connectivity index is 2.63. The van der Waals surface area contributed by atoms with Gasteiger partial charge < -0.3 is 9.47 Å². The maximum atomic E-state index is 12.2. The first-order chi connectivity index (χ1) is 11.6. The molecule has 0 amide bonds. The fourth-order valence-electron chi connectivity index (χ4n) is 2.77. The highest BCUT2D eigenvalue weighted by Gasteiger charge is 2.54. The highest BCUT2D eigenvalue weighted by Crippen LogP contribution is 2.39. The van der Waals surface area contributed by atoms with Gasteiger partial charge in [-0.3, -0.25) is 0 Å². The van der Waals surface area contributed by atoms with Crippen molar-refractivity contribution in [2.24, 2.45) is 5.41 Å². The summed E-state index contributed by atoms with van der Waals surface area (Å²) in [6.07, 6.45) is 5.49. The van der Waals surface area contributed by atoms with E-state index < -0.39 is 12.1 Å². The van der Waals surface area contributed by atoms with Crippen molar-refractivity contribution in [3.63, 3.8) is 0 Å². The van der Waals surface area contributed by atoms with Gasteiger partial charge in [-0.2, -0.15) is 9.78 Å². The van der Waals surface area contributed by atoms with E-state index in [9.17, 15) is 4.79 Å². The molecule has 1 aliphatic heterocycles. The minimum absolute atomic E-state index is 0.168. The topological polar surface area (TPSA) is 60.6 Å². The summed E-state index contributed by atoms with van der Waals surface area (Å²) in [5, 5.41) is 0. The summed E-state index contributed by atoms with van der Waals surface area (Å²) in [6, 6.07) is 0. The molecular formula is C20H34O5. The van der Waals surface area contributed by atoms with Crippen molar-refractivity contribution in [1.82, 2.24) is 0 Å². The van der Waals surface area contributed by atoms with E-state index >= 15 is 0 Å². The first kappa shape index (κ1) is 21.7. The third-order valence-corrected chi connectivity index (χ3v) is 4.34. The average Bonchev–Trinajstić information content (AvgIpc) is 3.20. The zero-order chi connectivity index (χ0) is 19.1. The molecule has 5 nitrogen and oxygen atoms in total. The van der Waals surface area contributed by atoms with E-state index in [4.69, 9.17) is 19.2 Å². The molecule has 1 aliphatic rings. The zero-order valence-electron chi connectivity index (χ0n) is 16.5. The molecule has 25 heavy (non-hydrogen) atoms. The SMILES string of the molecule is C=C(C)CC(OC(=O)OC1(CC(=C)C)OO1)C(C)(C)CCCCCC. The van der Waals surface area contributed by atoms with Gasteiger partial charge in [-0.15, -0.1) is 6.58 Å². The van der Waals surface area contributed by atoms with Crippen LogP contribution in [0.1, 0.15) is 79.6 Å². The number of hydrogen-bond acceptors (Lipinski definition) is 5. The minimum atomic E-state index is -1.36. The smallest absolute Gasteiger partial charge is 0.430 e. The van der Waals surface area contributed by atoms with Crippen molar-refractivity contribution in [2.45, 2.75) is 91.6 Å². The van der Waals surface area contributed by atoms with Crippen molar-refractivity contribution in [3.05, 3.63) is 24.3 Å². The Morgan fingerprint density at radius 2 is 1.76 bits per heavy atom. The van der Waals surface area contributed by atoms with Gasteiger partial charge in [-0.1, -0.05) is 64.2 Å². The van der Waals surface area contributed by atoms with Crippen molar-refractivity contribution in [2.75, 3.05) is 0 Å². The van der Waals surface area contributed by atoms with Gasteiger partial charge in [0.05, 0.1) is 6.42 Å². The van der Waals surface area contributed by atoms with Gasteiger partial charge >= 0.3 is 12.1 Å². The number of ether oxygens (including phenoxy) is 2. The van der Waals surface area contributed by atoms with Crippen LogP contribution in [0, 0.1) is 5.41 Å². The van der Waals surface area contributed by atoms with Crippen molar-refractivity contribution in [3.8, 4) is 0 Å². The standard InChI is InChI=1S/C20H34O5/c1-8-9-10-11-12-19(6,7)17(13-15(2)3)22-18(21)23-20(24-25-20)14-16(4)5/h17H,2,4,8-14H2,1,3,5-7H3. The van der Waals surface area contributed by atoms with Crippen LogP contribution in [0.4, 0.5) is 4.79 Å². The number of rotatable bonds is 12. The molecule has 0 aromatic carbocycles. The molecule has 1 rings (SSSR count). The lowest BCUT2D eigenvalue weighted by atomic mass is 9.79. The summed E-state index contributed by atoms with van der Waals surface area (Å²) in [7, 11) is 0. The van der Waals surface area contributed by atoms with Crippen molar-refractivity contribution >= 4 is 6.16 Å². The molecule has 0 aromatic rings. The number of carbonyl (C=O) groups excluding carboxylic acids is 1. The molecule has 1 heterocycles. The van der Waals surface area contributed by atoms with Crippen LogP contribution in [0.5, 0.6) is 0 Å². The lowest BCUT2D eigenvalue weighted by Gasteiger charge is -2.34. The molecule has 1 saturated heterocycles. The Hall–Kier alpha value is -1.33. The monoisotopic (exact) mass is 354 g/mol. The lowest BCUT2D eigenvalue weighted by molar-refractivity contribution is -0.0770. The van der Waals surface area contributed by atoms with Crippen LogP contribution in [0.3, 0.4) is 0 Å². The quantitative estimate of drug-likeness (QED) is 0.140. The van der Waals surface area contributed by atoms with Crippen LogP contribution in [-0.2, 0) is 19.2 Å². The van der Waals surface area contributed by atoms with E-state index in [-0.39, 0.29) is 17.9 Å². The molecule has 1 fully saturated rings. The Morgan fingerprint density at radius 1 is 1.12 bits per heavy atom. The van der Waals surface area contributed by atoms with Gasteiger partial charge in [-0.05, 0) is 20.3 Å². The number of carbonyl (C=O) groups is 1. The van der Waals surface area contributed by atoms with Crippen LogP contribution in [-0.4, -0.2) is 18.2 Å². The Kier molecular flexibility index (Phi) is 8.16. The van der Waals surface area contributed by atoms with Crippen molar-refractivity contribution < 1.29 is 24.0 Å². The maximum Gasteiger partial charge on any atom is 0.513 e. The molecule has 144 valence electrons. The molecule has 0 aliphatic carbocycles. The van der Waals surface area contributed by atoms with E-state index in [2.05, 4.69) is 33.9 Å². The fourth-order valence-corrected chi connectivity index (χ4v) is 2.77. The second kappa shape index (κ2) is 9.39. The van der Waals surface area contributed by atoms with Gasteiger partial charge in [0.1, 0.15) is 6.10 Å². The van der Waals surface area contributed by atoms with Gasteiger partial charge in [0.2, 0.25) is 0 Å². The van der Waals surface area contributed by atoms with Gasteiger partial charge in [0.25, 0.3) is 0 Å². The minimum Gasteiger partial charge on any atom is -0.430 e. The lowest BCUT2D eigenvalue weighted by Crippen LogP contribution is -2.36. The largest absolute Gasteiger partial charge is 0.513 e. The molecule has 5 heteroatoms. The summed E-state index contributed by atoms with van der Waals surface area (Å²) >= 11 is 0. The van der Waals surface area contributed by atoms with Crippen LogP contribution < -0.4 is 0 Å². The van der Waals surface area contributed by atoms with Gasteiger partial charge in [0, 0.05) is 11.8 Å². The second-order valence-electron chi connectivity index (χ2n) is 7.90. The third kappa shape index (κ3) is 8.06. The van der Waals surface area contributed by atoms with E-state index in [1.54, 1.807) is 0 Å². The molecule has 0 bridgehead atoms. The van der Waals surface area contributed by atoms with Crippen molar-refractivity contribution in [1.29, 1.82) is 0 Å². The zero-order valence-corrected chi connectivity index (χ0v) is 16.5. The molecular weight excluding hydrogens is 320 g/mol. The van der Waals surface area contributed by atoms with Gasteiger partial charge in [0.15, 0.2) is 0 Å². The highest BCUT2D eigenvalue weighted by molar-refractivity contribution is 5.60. The maximum absolute atomic E-state index is 12.2. The van der Waals surface area contributed by atoms with Gasteiger partial charge in [-0.25, -0.2) is 4.79 Å². The van der Waals surface area contributed by atoms with Crippen LogP contribution in [0.15, 0.2) is 24.3 Å². The Morgan fingerprint density at radius 3 is 2.24 bits per heavy atom. The molecule has 0 saturated carbocycles. The third-order valence-electron chi connectivity index (χ3n) is 4.34. The molecule has 1 atom stereocenters. The Bertz CT molecular complexity index is 476. The van der Waals surface area contributed by atoms with E-state index in [1.165, 1.54) is 19.3 Å². The number of unbranched alkanes of at least 4 members (excludes halogenated alkanes) is 3. The van der Waals surface area contributed by atoms with E-state index in [1.807, 2.05) is 13.8 Å². The molecule has 0 spiro atoms. The normalized spacial score (nSPS) is 16.8. The molecule has 0 radical (unpaired) electrons. The average molecular weight is 354 g/mol. The first-order valence-electron chi connectivity index (χ1n) is 9.15. The van der Waals surface area contributed by atoms with E-state index in [0.717, 1.165) is 24.0 Å². The summed E-state index contributed by atoms with van der Waals surface area (Å²) in [6.45, 7) is 17.9. The first-order valence-corrected chi connectivity index (χ1v) is 9.15. The second-order valence-corrected chi connectivity index (χ2v) is 7.90. The summed E-state index contributed by atoms with van der Waals surface area (Å²) in [5.41, 5.74) is 1.59. The summed E-state index contributed by atoms with van der Waals surface area (Å²) in [5.74, 6) is -1.36. The molecule has 1 unspecified atom stereocenters. The summed E-state index contributed by atoms with van der Waals surface area (Å²) < 4.78 is 10.8. The summed E-state index contributed by atoms with van der Waals surface area (Å²) in [4.78, 5) is 21.9.